The van der Waals surface area contributed by atoms with Gasteiger partial charge in [-0.25, -0.2) is 0 Å². The van der Waals surface area contributed by atoms with Gasteiger partial charge in [0.25, 0.3) is 0 Å². The summed E-state index contributed by atoms with van der Waals surface area (Å²) in [5.41, 5.74) is 1.44. The topological polar surface area (TPSA) is 61.4 Å². The van der Waals surface area contributed by atoms with Crippen LogP contribution in [-0.2, 0) is 11.4 Å². The summed E-state index contributed by atoms with van der Waals surface area (Å²) in [6, 6.07) is 7.20. The Morgan fingerprint density at radius 1 is 1.50 bits per heavy atom. The quantitative estimate of drug-likeness (QED) is 0.708. The molecule has 0 aromatic heterocycles. The van der Waals surface area contributed by atoms with Crippen molar-refractivity contribution in [1.82, 2.24) is 5.32 Å². The molecule has 3 N–H and O–H groups in total. The number of carbonyl (C=O) groups is 1. The smallest absolute Gasteiger partial charge is 0.241 e. The lowest BCUT2D eigenvalue weighted by atomic mass is 10.1. The molecular formula is C12H16N2O2. The first-order chi connectivity index (χ1) is 7.81. The van der Waals surface area contributed by atoms with Crippen LogP contribution in [-0.4, -0.2) is 23.6 Å². The summed E-state index contributed by atoms with van der Waals surface area (Å²) in [4.78, 5) is 11.8. The van der Waals surface area contributed by atoms with Crippen LogP contribution in [0, 0.1) is 0 Å². The average molecular weight is 220 g/mol. The monoisotopic (exact) mass is 220 g/mol. The second-order valence-electron chi connectivity index (χ2n) is 3.95. The van der Waals surface area contributed by atoms with Crippen LogP contribution in [0.2, 0.25) is 0 Å². The van der Waals surface area contributed by atoms with Crippen LogP contribution in [0.3, 0.4) is 0 Å². The summed E-state index contributed by atoms with van der Waals surface area (Å²) in [5.74, 6) is -0.0154. The number of amides is 1. The summed E-state index contributed by atoms with van der Waals surface area (Å²) >= 11 is 0. The number of anilines is 1. The van der Waals surface area contributed by atoms with Crippen LogP contribution in [0.15, 0.2) is 24.3 Å². The first-order valence-corrected chi connectivity index (χ1v) is 5.54. The Morgan fingerprint density at radius 3 is 3.00 bits per heavy atom. The van der Waals surface area contributed by atoms with Crippen molar-refractivity contribution in [2.24, 2.45) is 0 Å². The first-order valence-electron chi connectivity index (χ1n) is 5.54. The molecule has 2 rings (SSSR count). The third-order valence-electron chi connectivity index (χ3n) is 2.82. The zero-order chi connectivity index (χ0) is 11.4. The Hall–Kier alpha value is -1.39. The summed E-state index contributed by atoms with van der Waals surface area (Å²) < 4.78 is 0. The Labute approximate surface area is 94.7 Å². The molecule has 4 nitrogen and oxygen atoms in total. The molecule has 0 bridgehead atoms. The van der Waals surface area contributed by atoms with E-state index in [0.29, 0.717) is 5.69 Å². The van der Waals surface area contributed by atoms with Crippen LogP contribution in [0.5, 0.6) is 0 Å². The highest BCUT2D eigenvalue weighted by atomic mass is 16.3. The highest BCUT2D eigenvalue weighted by Gasteiger charge is 2.22. The second kappa shape index (κ2) is 5.09. The van der Waals surface area contributed by atoms with Crippen LogP contribution in [0.25, 0.3) is 0 Å². The second-order valence-corrected chi connectivity index (χ2v) is 3.95. The first kappa shape index (κ1) is 11.1. The summed E-state index contributed by atoms with van der Waals surface area (Å²) in [7, 11) is 0. The third kappa shape index (κ3) is 2.40. The number of rotatable bonds is 3. The Balaban J connectivity index is 2.05. The number of carbonyl (C=O) groups excluding carboxylic acids is 1. The maximum atomic E-state index is 11.8. The van der Waals surface area contributed by atoms with Crippen molar-refractivity contribution < 1.29 is 9.90 Å². The molecule has 1 aromatic carbocycles. The van der Waals surface area contributed by atoms with Gasteiger partial charge in [-0.2, -0.15) is 0 Å². The van der Waals surface area contributed by atoms with E-state index < -0.39 is 0 Å². The number of benzene rings is 1. The van der Waals surface area contributed by atoms with Crippen LogP contribution in [0.1, 0.15) is 18.4 Å². The van der Waals surface area contributed by atoms with E-state index in [4.69, 9.17) is 5.11 Å². The summed E-state index contributed by atoms with van der Waals surface area (Å²) in [5, 5.41) is 15.1. The van der Waals surface area contributed by atoms with Gasteiger partial charge >= 0.3 is 0 Å². The van der Waals surface area contributed by atoms with Gasteiger partial charge in [0.15, 0.2) is 0 Å². The van der Waals surface area contributed by atoms with E-state index in [0.717, 1.165) is 24.9 Å². The Morgan fingerprint density at radius 2 is 2.31 bits per heavy atom. The van der Waals surface area contributed by atoms with Gasteiger partial charge in [0.05, 0.1) is 12.6 Å². The number of aliphatic hydroxyl groups is 1. The van der Waals surface area contributed by atoms with Crippen molar-refractivity contribution in [3.63, 3.8) is 0 Å². The fourth-order valence-electron chi connectivity index (χ4n) is 1.91. The molecule has 1 heterocycles. The minimum absolute atomic E-state index is 0.0154. The van der Waals surface area contributed by atoms with Gasteiger partial charge < -0.3 is 15.7 Å². The predicted molar refractivity (Wildman–Crippen MR) is 62.0 cm³/mol. The molecule has 1 amide bonds. The molecular weight excluding hydrogens is 204 g/mol. The number of aliphatic hydroxyl groups excluding tert-OH is 1. The van der Waals surface area contributed by atoms with Crippen molar-refractivity contribution in [2.45, 2.75) is 25.5 Å². The van der Waals surface area contributed by atoms with Crippen molar-refractivity contribution in [3.8, 4) is 0 Å². The van der Waals surface area contributed by atoms with Crippen molar-refractivity contribution in [1.29, 1.82) is 0 Å². The van der Waals surface area contributed by atoms with Crippen LogP contribution < -0.4 is 10.6 Å². The zero-order valence-corrected chi connectivity index (χ0v) is 9.07. The number of para-hydroxylation sites is 1. The number of nitrogens with one attached hydrogen (secondary N) is 2. The van der Waals surface area contributed by atoms with Crippen molar-refractivity contribution in [2.75, 3.05) is 11.9 Å². The lowest BCUT2D eigenvalue weighted by molar-refractivity contribution is -0.117. The number of hydrogen-bond acceptors (Lipinski definition) is 3. The van der Waals surface area contributed by atoms with Gasteiger partial charge in [0.2, 0.25) is 5.91 Å². The number of hydrogen-bond donors (Lipinski definition) is 3. The van der Waals surface area contributed by atoms with E-state index in [-0.39, 0.29) is 18.6 Å². The van der Waals surface area contributed by atoms with Gasteiger partial charge in [-0.05, 0) is 25.5 Å². The van der Waals surface area contributed by atoms with E-state index in [1.165, 1.54) is 0 Å². The molecule has 16 heavy (non-hydrogen) atoms. The van der Waals surface area contributed by atoms with Crippen LogP contribution in [0.4, 0.5) is 5.69 Å². The van der Waals surface area contributed by atoms with Gasteiger partial charge in [-0.3, -0.25) is 4.79 Å². The van der Waals surface area contributed by atoms with E-state index in [9.17, 15) is 4.79 Å². The molecule has 0 radical (unpaired) electrons. The van der Waals surface area contributed by atoms with E-state index in [1.54, 1.807) is 12.1 Å². The summed E-state index contributed by atoms with van der Waals surface area (Å²) in [6.07, 6.45) is 1.92. The molecule has 1 fully saturated rings. The SMILES string of the molecule is O=C(Nc1ccccc1CO)[C@H]1CCCN1. The molecule has 0 aliphatic carbocycles. The van der Waals surface area contributed by atoms with Crippen molar-refractivity contribution in [3.05, 3.63) is 29.8 Å². The standard InChI is InChI=1S/C12H16N2O2/c15-8-9-4-1-2-5-10(9)14-12(16)11-6-3-7-13-11/h1-2,4-5,11,13,15H,3,6-8H2,(H,14,16)/t11-/m1/s1. The molecule has 1 atom stereocenters. The van der Waals surface area contributed by atoms with E-state index in [1.807, 2.05) is 12.1 Å². The van der Waals surface area contributed by atoms with Crippen LogP contribution >= 0.6 is 0 Å². The molecule has 0 spiro atoms. The highest BCUT2D eigenvalue weighted by molar-refractivity contribution is 5.95. The lowest BCUT2D eigenvalue weighted by Crippen LogP contribution is -2.35. The van der Waals surface area contributed by atoms with Gasteiger partial charge in [0.1, 0.15) is 0 Å². The Bertz CT molecular complexity index is 373. The normalized spacial score (nSPS) is 19.7. The maximum Gasteiger partial charge on any atom is 0.241 e. The van der Waals surface area contributed by atoms with E-state index in [2.05, 4.69) is 10.6 Å². The third-order valence-corrected chi connectivity index (χ3v) is 2.82. The lowest BCUT2D eigenvalue weighted by Gasteiger charge is -2.13. The minimum Gasteiger partial charge on any atom is -0.392 e. The Kier molecular flexibility index (Phi) is 3.54. The molecule has 4 heteroatoms. The van der Waals surface area contributed by atoms with Gasteiger partial charge in [-0.15, -0.1) is 0 Å². The molecule has 0 saturated carbocycles. The molecule has 1 aliphatic heterocycles. The average Bonchev–Trinajstić information content (AvgIpc) is 2.83. The molecule has 1 aromatic rings. The minimum atomic E-state index is -0.0910. The molecule has 1 aliphatic rings. The predicted octanol–water partition coefficient (Wildman–Crippen LogP) is 0.869. The largest absolute Gasteiger partial charge is 0.392 e. The molecule has 0 unspecified atom stereocenters. The molecule has 86 valence electrons. The fourth-order valence-corrected chi connectivity index (χ4v) is 1.91. The maximum absolute atomic E-state index is 11.8. The molecule has 1 saturated heterocycles. The summed E-state index contributed by atoms with van der Waals surface area (Å²) in [6.45, 7) is 0.842. The highest BCUT2D eigenvalue weighted by Crippen LogP contribution is 2.16. The van der Waals surface area contributed by atoms with Gasteiger partial charge in [-0.1, -0.05) is 18.2 Å². The van der Waals surface area contributed by atoms with E-state index >= 15 is 0 Å². The van der Waals surface area contributed by atoms with Crippen molar-refractivity contribution >= 4 is 11.6 Å². The fraction of sp³-hybridized carbons (Fsp3) is 0.417. The zero-order valence-electron chi connectivity index (χ0n) is 9.07. The van der Waals surface area contributed by atoms with Gasteiger partial charge in [0, 0.05) is 11.3 Å².